The van der Waals surface area contributed by atoms with E-state index in [0.29, 0.717) is 96.9 Å². The Balaban J connectivity index is 0.983. The predicted octanol–water partition coefficient (Wildman–Crippen LogP) is 10.4. The van der Waals surface area contributed by atoms with Crippen molar-refractivity contribution in [1.29, 1.82) is 0 Å². The van der Waals surface area contributed by atoms with Gasteiger partial charge in [-0.2, -0.15) is 0 Å². The van der Waals surface area contributed by atoms with Crippen molar-refractivity contribution < 1.29 is 57.0 Å². The third-order valence-electron chi connectivity index (χ3n) is 14.1. The Hall–Kier alpha value is -7.77. The normalized spacial score (nSPS) is 16.1. The molecule has 79 heavy (non-hydrogen) atoms. The number of nitrogens with zero attached hydrogens (tertiary/aromatic N) is 5. The van der Waals surface area contributed by atoms with E-state index >= 15 is 0 Å². The summed E-state index contributed by atoms with van der Waals surface area (Å²) in [6, 6.07) is 28.7. The van der Waals surface area contributed by atoms with E-state index in [1.165, 1.54) is 14.2 Å². The summed E-state index contributed by atoms with van der Waals surface area (Å²) in [6.45, 7) is 6.85. The minimum absolute atomic E-state index is 0.0315. The number of carbonyl (C=O) groups is 3. The molecule has 17 nitrogen and oxygen atoms in total. The summed E-state index contributed by atoms with van der Waals surface area (Å²) in [5, 5.41) is 0. The smallest absolute Gasteiger partial charge is 0.260 e. The van der Waals surface area contributed by atoms with Gasteiger partial charge in [-0.15, -0.1) is 0 Å². The van der Waals surface area contributed by atoms with Crippen molar-refractivity contribution in [3.63, 3.8) is 0 Å². The minimum Gasteiger partial charge on any atom is -0.497 e. The third kappa shape index (κ3) is 13.4. The number of anilines is 1. The first kappa shape index (κ1) is 56.0. The van der Waals surface area contributed by atoms with Crippen LogP contribution in [0, 0.1) is 0 Å². The lowest BCUT2D eigenvalue weighted by atomic mass is 10.0. The molecule has 0 fully saturated rings. The van der Waals surface area contributed by atoms with E-state index in [1.807, 2.05) is 79.1 Å². The van der Waals surface area contributed by atoms with Crippen LogP contribution in [0.5, 0.6) is 34.5 Å². The lowest BCUT2D eigenvalue weighted by Crippen LogP contribution is -2.34. The fourth-order valence-electron chi connectivity index (χ4n) is 9.89. The summed E-state index contributed by atoms with van der Waals surface area (Å²) >= 11 is 0. The van der Waals surface area contributed by atoms with Crippen LogP contribution in [0.3, 0.4) is 0 Å². The summed E-state index contributed by atoms with van der Waals surface area (Å²) in [5.74, 6) is 2.56. The molecule has 4 heterocycles. The average molecular weight is 1090 g/mol. The zero-order valence-corrected chi connectivity index (χ0v) is 47.0. The molecule has 18 heteroatoms. The molecule has 0 saturated carbocycles. The van der Waals surface area contributed by atoms with E-state index < -0.39 is 8.80 Å². The molecular weight excluding hydrogens is 1020 g/mol. The maximum Gasteiger partial charge on any atom is 0.260 e. The summed E-state index contributed by atoms with van der Waals surface area (Å²) in [5.41, 5.74) is 7.82. The quantitative estimate of drug-likeness (QED) is 0.0380. The van der Waals surface area contributed by atoms with Crippen LogP contribution in [0.4, 0.5) is 17.1 Å². The standard InChI is InChI=1S/C61H68N5O12Si/c1-70-20-21-76-23-22-75-19-18-64(59(67)9-8-24-79(6)7)46-26-40(38-77-57-32-53-51(30-55(57)73-4)60(68)65-36-44(28-47(65)34-62-53)42-10-14-49(71-2)15-11-42)25-41(27-46)39-78-58-33-54-52(31-56(58)74-5)61(69)66-37-45(29-48(66)35-63-54)43-12-16-50(72-3)17-13-43/h10-17,25-27,30-37,47-48H,8-9,18-24,28-29,38-39H2,1-7H3/t47-,48?/m0/s1. The van der Waals surface area contributed by atoms with Gasteiger partial charge in [0.15, 0.2) is 23.0 Å². The highest BCUT2D eigenvalue weighted by atomic mass is 28.3. The summed E-state index contributed by atoms with van der Waals surface area (Å²) < 4.78 is 52.3. The van der Waals surface area contributed by atoms with Crippen LogP contribution in [-0.2, 0) is 32.2 Å². The molecule has 4 aliphatic rings. The van der Waals surface area contributed by atoms with Gasteiger partial charge < -0.3 is 57.3 Å². The first-order valence-corrected chi connectivity index (χ1v) is 29.2. The number of rotatable bonds is 26. The Morgan fingerprint density at radius 2 is 1.08 bits per heavy atom. The van der Waals surface area contributed by atoms with E-state index in [-0.39, 0.29) is 56.2 Å². The Bertz CT molecular complexity index is 2940. The molecule has 4 aliphatic heterocycles. The molecule has 0 spiro atoms. The Morgan fingerprint density at radius 1 is 0.595 bits per heavy atom. The predicted molar refractivity (Wildman–Crippen MR) is 306 cm³/mol. The topological polar surface area (TPSA) is 169 Å². The molecule has 0 aliphatic carbocycles. The van der Waals surface area contributed by atoms with Crippen molar-refractivity contribution >= 4 is 67.2 Å². The second-order valence-corrected chi connectivity index (χ2v) is 22.7. The van der Waals surface area contributed by atoms with E-state index in [1.54, 1.807) is 72.7 Å². The van der Waals surface area contributed by atoms with E-state index in [2.05, 4.69) is 13.1 Å². The van der Waals surface area contributed by atoms with Crippen molar-refractivity contribution in [1.82, 2.24) is 9.80 Å². The number of aliphatic imine (C=N–C) groups is 2. The first-order chi connectivity index (χ1) is 38.5. The first-order valence-electron chi connectivity index (χ1n) is 26.5. The number of carbonyl (C=O) groups excluding carboxylic acids is 3. The number of fused-ring (bicyclic) bond motifs is 4. The molecule has 0 aromatic heterocycles. The SMILES string of the molecule is COCCOCCOCCN(C(=O)CCC[Si](C)C)c1cc(COc2cc3c(cc2OC)C(=O)N2C=C(c4ccc(OC)cc4)CC2C=N3)cc(COc2cc3c(cc2OC)C(=O)N2C=C(c4ccc(OC)cc4)C[C@H]2C=N3)c1. The summed E-state index contributed by atoms with van der Waals surface area (Å²) in [4.78, 5) is 57.6. The Labute approximate surface area is 463 Å². The highest BCUT2D eigenvalue weighted by Crippen LogP contribution is 2.43. The van der Waals surface area contributed by atoms with E-state index in [9.17, 15) is 14.4 Å². The van der Waals surface area contributed by atoms with Crippen LogP contribution in [0.25, 0.3) is 11.1 Å². The van der Waals surface area contributed by atoms with Gasteiger partial charge >= 0.3 is 0 Å². The van der Waals surface area contributed by atoms with Crippen molar-refractivity contribution in [3.05, 3.63) is 137 Å². The zero-order valence-electron chi connectivity index (χ0n) is 46.0. The second kappa shape index (κ2) is 26.3. The largest absolute Gasteiger partial charge is 0.497 e. The van der Waals surface area contributed by atoms with Crippen molar-refractivity contribution in [3.8, 4) is 34.5 Å². The molecule has 413 valence electrons. The average Bonchev–Trinajstić information content (AvgIpc) is 4.21. The van der Waals surface area contributed by atoms with Gasteiger partial charge in [0.1, 0.15) is 24.7 Å². The number of methoxy groups -OCH3 is 5. The summed E-state index contributed by atoms with van der Waals surface area (Å²) in [6.07, 6.45) is 9.73. The molecule has 0 saturated heterocycles. The number of amides is 3. The lowest BCUT2D eigenvalue weighted by molar-refractivity contribution is -0.118. The molecule has 5 aromatic rings. The molecule has 0 N–H and O–H groups in total. The monoisotopic (exact) mass is 1090 g/mol. The van der Waals surface area contributed by atoms with Gasteiger partial charge in [0.05, 0.1) is 96.1 Å². The van der Waals surface area contributed by atoms with Gasteiger partial charge in [-0.1, -0.05) is 43.4 Å². The second-order valence-electron chi connectivity index (χ2n) is 19.7. The van der Waals surface area contributed by atoms with Crippen molar-refractivity contribution in [2.24, 2.45) is 9.98 Å². The summed E-state index contributed by atoms with van der Waals surface area (Å²) in [7, 11) is 7.41. The van der Waals surface area contributed by atoms with Crippen LogP contribution in [-0.4, -0.2) is 136 Å². The Morgan fingerprint density at radius 3 is 1.53 bits per heavy atom. The van der Waals surface area contributed by atoms with Gasteiger partial charge in [0.2, 0.25) is 5.91 Å². The van der Waals surface area contributed by atoms with Gasteiger partial charge in [-0.25, -0.2) is 0 Å². The van der Waals surface area contributed by atoms with Gasteiger partial charge in [-0.3, -0.25) is 24.4 Å². The number of benzene rings is 5. The third-order valence-corrected chi connectivity index (χ3v) is 15.5. The molecule has 5 aromatic carbocycles. The fourth-order valence-corrected chi connectivity index (χ4v) is 10.8. The molecule has 1 radical (unpaired) electrons. The maximum atomic E-state index is 14.3. The minimum atomic E-state index is -0.546. The molecular formula is C61H68N5O12Si. The van der Waals surface area contributed by atoms with Crippen LogP contribution in [0.1, 0.15) is 68.7 Å². The molecule has 1 unspecified atom stereocenters. The van der Waals surface area contributed by atoms with Crippen LogP contribution in [0.15, 0.2) is 113 Å². The highest BCUT2D eigenvalue weighted by molar-refractivity contribution is 6.55. The maximum absolute atomic E-state index is 14.3. The van der Waals surface area contributed by atoms with Crippen molar-refractivity contribution in [2.75, 3.05) is 80.0 Å². The number of hydrogen-bond donors (Lipinski definition) is 0. The lowest BCUT2D eigenvalue weighted by Gasteiger charge is -2.25. The van der Waals surface area contributed by atoms with Crippen LogP contribution < -0.4 is 33.3 Å². The van der Waals surface area contributed by atoms with Crippen molar-refractivity contribution in [2.45, 2.75) is 70.1 Å². The van der Waals surface area contributed by atoms with E-state index in [0.717, 1.165) is 57.4 Å². The zero-order chi connectivity index (χ0) is 55.4. The van der Waals surface area contributed by atoms with Gasteiger partial charge in [-0.05, 0) is 94.4 Å². The van der Waals surface area contributed by atoms with Gasteiger partial charge in [0.25, 0.3) is 11.8 Å². The van der Waals surface area contributed by atoms with E-state index in [4.69, 9.17) is 52.6 Å². The molecule has 2 atom stereocenters. The number of hydrogen-bond acceptors (Lipinski definition) is 14. The Kier molecular flexibility index (Phi) is 18.6. The highest BCUT2D eigenvalue weighted by Gasteiger charge is 2.35. The van der Waals surface area contributed by atoms with Crippen LogP contribution >= 0.6 is 0 Å². The molecule has 0 bridgehead atoms. The number of ether oxygens (including phenoxy) is 9. The van der Waals surface area contributed by atoms with Gasteiger partial charge in [0, 0.05) is 84.4 Å². The molecule has 9 rings (SSSR count). The van der Waals surface area contributed by atoms with Crippen LogP contribution in [0.2, 0.25) is 19.1 Å². The molecule has 3 amide bonds. The fraction of sp³-hybridized carbons (Fsp3) is 0.361.